The van der Waals surface area contributed by atoms with Crippen molar-refractivity contribution in [2.45, 2.75) is 32.6 Å². The van der Waals surface area contributed by atoms with Crippen LogP contribution in [0.3, 0.4) is 0 Å². The van der Waals surface area contributed by atoms with Gasteiger partial charge in [-0.25, -0.2) is 0 Å². The molecular formula is C13H17NO2. The molecule has 1 aliphatic heterocycles. The minimum absolute atomic E-state index is 0.158. The van der Waals surface area contributed by atoms with Crippen molar-refractivity contribution in [2.24, 2.45) is 0 Å². The molecule has 0 spiro atoms. The van der Waals surface area contributed by atoms with Crippen molar-refractivity contribution in [3.63, 3.8) is 0 Å². The van der Waals surface area contributed by atoms with Gasteiger partial charge in [0.15, 0.2) is 0 Å². The second-order valence-corrected chi connectivity index (χ2v) is 3.41. The first-order valence-electron chi connectivity index (χ1n) is 5.66. The van der Waals surface area contributed by atoms with Gasteiger partial charge in [-0.2, -0.15) is 0 Å². The fraction of sp³-hybridized carbons (Fsp3) is 0.385. The zero-order chi connectivity index (χ0) is 12.0. The molecule has 1 N–H and O–H groups in total. The summed E-state index contributed by atoms with van der Waals surface area (Å²) in [6, 6.07) is 9.55. The predicted octanol–water partition coefficient (Wildman–Crippen LogP) is 2.23. The molecule has 1 heterocycles. The van der Waals surface area contributed by atoms with Crippen molar-refractivity contribution >= 4 is 11.8 Å². The molecule has 1 unspecified atom stereocenters. The summed E-state index contributed by atoms with van der Waals surface area (Å²) in [4.78, 5) is 22.4. The molecule has 2 amide bonds. The second-order valence-electron chi connectivity index (χ2n) is 3.41. The highest BCUT2D eigenvalue weighted by molar-refractivity contribution is 6.00. The molecule has 2 rings (SSSR count). The molecule has 0 saturated carbocycles. The van der Waals surface area contributed by atoms with E-state index in [1.165, 1.54) is 0 Å². The molecule has 0 radical (unpaired) electrons. The summed E-state index contributed by atoms with van der Waals surface area (Å²) in [6.45, 7) is 4.00. The Morgan fingerprint density at radius 2 is 1.75 bits per heavy atom. The van der Waals surface area contributed by atoms with Crippen LogP contribution in [0.2, 0.25) is 0 Å². The van der Waals surface area contributed by atoms with E-state index in [1.54, 1.807) is 0 Å². The summed E-state index contributed by atoms with van der Waals surface area (Å²) >= 11 is 0. The average molecular weight is 219 g/mol. The highest BCUT2D eigenvalue weighted by atomic mass is 16.2. The largest absolute Gasteiger partial charge is 0.296 e. The number of rotatable bonds is 1. The summed E-state index contributed by atoms with van der Waals surface area (Å²) in [5, 5.41) is 2.35. The van der Waals surface area contributed by atoms with Gasteiger partial charge in [-0.05, 0) is 12.0 Å². The molecule has 1 fully saturated rings. The normalized spacial score (nSPS) is 19.5. The predicted molar refractivity (Wildman–Crippen MR) is 62.9 cm³/mol. The third-order valence-corrected chi connectivity index (χ3v) is 2.44. The van der Waals surface area contributed by atoms with Crippen LogP contribution in [-0.2, 0) is 9.59 Å². The lowest BCUT2D eigenvalue weighted by molar-refractivity contribution is -0.134. The Hall–Kier alpha value is -1.64. The van der Waals surface area contributed by atoms with Gasteiger partial charge >= 0.3 is 0 Å². The van der Waals surface area contributed by atoms with Gasteiger partial charge < -0.3 is 0 Å². The zero-order valence-corrected chi connectivity index (χ0v) is 9.69. The van der Waals surface area contributed by atoms with E-state index in [1.807, 2.05) is 44.2 Å². The van der Waals surface area contributed by atoms with Gasteiger partial charge in [0, 0.05) is 6.42 Å². The minimum Gasteiger partial charge on any atom is -0.296 e. The smallest absolute Gasteiger partial charge is 0.234 e. The first-order valence-corrected chi connectivity index (χ1v) is 5.66. The number of nitrogens with one attached hydrogen (secondary N) is 1. The number of benzene rings is 1. The van der Waals surface area contributed by atoms with Crippen molar-refractivity contribution in [1.29, 1.82) is 0 Å². The van der Waals surface area contributed by atoms with Gasteiger partial charge in [0.1, 0.15) is 0 Å². The van der Waals surface area contributed by atoms with Crippen LogP contribution in [0.1, 0.15) is 38.2 Å². The highest BCUT2D eigenvalue weighted by Gasteiger charge is 2.27. The van der Waals surface area contributed by atoms with E-state index in [9.17, 15) is 9.59 Å². The molecular weight excluding hydrogens is 202 g/mol. The molecule has 1 aromatic rings. The van der Waals surface area contributed by atoms with Crippen LogP contribution >= 0.6 is 0 Å². The summed E-state index contributed by atoms with van der Waals surface area (Å²) in [5.74, 6) is -0.497. The molecule has 86 valence electrons. The molecule has 1 atom stereocenters. The maximum atomic E-state index is 11.5. The van der Waals surface area contributed by atoms with Gasteiger partial charge in [0.2, 0.25) is 11.8 Å². The first-order chi connectivity index (χ1) is 7.77. The van der Waals surface area contributed by atoms with Gasteiger partial charge in [-0.1, -0.05) is 44.2 Å². The van der Waals surface area contributed by atoms with Crippen LogP contribution in [0, 0.1) is 0 Å². The van der Waals surface area contributed by atoms with E-state index < -0.39 is 0 Å². The van der Waals surface area contributed by atoms with Crippen LogP contribution in [-0.4, -0.2) is 11.8 Å². The summed E-state index contributed by atoms with van der Waals surface area (Å²) in [6.07, 6.45) is 1.06. The van der Waals surface area contributed by atoms with E-state index in [2.05, 4.69) is 5.32 Å². The average Bonchev–Trinajstić information content (AvgIpc) is 2.33. The van der Waals surface area contributed by atoms with E-state index in [-0.39, 0.29) is 17.7 Å². The monoisotopic (exact) mass is 219 g/mol. The zero-order valence-electron chi connectivity index (χ0n) is 9.69. The van der Waals surface area contributed by atoms with Crippen molar-refractivity contribution in [3.8, 4) is 0 Å². The van der Waals surface area contributed by atoms with Crippen molar-refractivity contribution < 1.29 is 9.59 Å². The van der Waals surface area contributed by atoms with E-state index >= 15 is 0 Å². The summed E-state index contributed by atoms with van der Waals surface area (Å²) in [5.41, 5.74) is 0.984. The van der Waals surface area contributed by atoms with Gasteiger partial charge in [-0.3, -0.25) is 14.9 Å². The maximum Gasteiger partial charge on any atom is 0.234 e. The molecule has 1 saturated heterocycles. The number of piperidine rings is 1. The first kappa shape index (κ1) is 12.4. The molecule has 1 aliphatic rings. The van der Waals surface area contributed by atoms with E-state index in [0.29, 0.717) is 12.8 Å². The number of hydrogen-bond acceptors (Lipinski definition) is 2. The van der Waals surface area contributed by atoms with Gasteiger partial charge in [0.25, 0.3) is 0 Å². The van der Waals surface area contributed by atoms with Crippen LogP contribution < -0.4 is 5.32 Å². The number of amides is 2. The van der Waals surface area contributed by atoms with Gasteiger partial charge in [-0.15, -0.1) is 0 Å². The molecule has 3 heteroatoms. The lowest BCUT2D eigenvalue weighted by atomic mass is 9.91. The molecule has 0 bridgehead atoms. The molecule has 16 heavy (non-hydrogen) atoms. The van der Waals surface area contributed by atoms with E-state index in [0.717, 1.165) is 5.56 Å². The Morgan fingerprint density at radius 3 is 2.31 bits per heavy atom. The van der Waals surface area contributed by atoms with Crippen molar-refractivity contribution in [1.82, 2.24) is 5.32 Å². The Labute approximate surface area is 95.9 Å². The lowest BCUT2D eigenvalue weighted by Crippen LogP contribution is -2.39. The second kappa shape index (κ2) is 6.05. The Bertz CT molecular complexity index is 359. The van der Waals surface area contributed by atoms with E-state index in [4.69, 9.17) is 0 Å². The number of carbonyl (C=O) groups excluding carboxylic acids is 2. The van der Waals surface area contributed by atoms with Crippen LogP contribution in [0.25, 0.3) is 0 Å². The SMILES string of the molecule is CC.O=C1CCC(c2ccccc2)C(=O)N1. The van der Waals surface area contributed by atoms with Crippen LogP contribution in [0.15, 0.2) is 30.3 Å². The van der Waals surface area contributed by atoms with Crippen LogP contribution in [0.4, 0.5) is 0 Å². The third-order valence-electron chi connectivity index (χ3n) is 2.44. The number of imide groups is 1. The summed E-state index contributed by atoms with van der Waals surface area (Å²) < 4.78 is 0. The fourth-order valence-electron chi connectivity index (χ4n) is 1.70. The Kier molecular flexibility index (Phi) is 4.70. The highest BCUT2D eigenvalue weighted by Crippen LogP contribution is 2.23. The molecule has 1 aromatic carbocycles. The standard InChI is InChI=1S/C11H11NO2.C2H6/c13-10-7-6-9(11(14)12-10)8-4-2-1-3-5-8;1-2/h1-5,9H,6-7H2,(H,12,13,14);1-2H3. The minimum atomic E-state index is -0.174. The summed E-state index contributed by atoms with van der Waals surface area (Å²) in [7, 11) is 0. The fourth-order valence-corrected chi connectivity index (χ4v) is 1.70. The third kappa shape index (κ3) is 2.92. The Morgan fingerprint density at radius 1 is 1.12 bits per heavy atom. The molecule has 0 aromatic heterocycles. The quantitative estimate of drug-likeness (QED) is 0.736. The maximum absolute atomic E-state index is 11.5. The van der Waals surface area contributed by atoms with Crippen molar-refractivity contribution in [2.75, 3.05) is 0 Å². The topological polar surface area (TPSA) is 46.2 Å². The lowest BCUT2D eigenvalue weighted by Gasteiger charge is -2.20. The van der Waals surface area contributed by atoms with Crippen LogP contribution in [0.5, 0.6) is 0 Å². The van der Waals surface area contributed by atoms with Crippen molar-refractivity contribution in [3.05, 3.63) is 35.9 Å². The molecule has 3 nitrogen and oxygen atoms in total. The number of hydrogen-bond donors (Lipinski definition) is 1. The Balaban J connectivity index is 0.000000606. The number of carbonyl (C=O) groups is 2. The molecule has 0 aliphatic carbocycles. The van der Waals surface area contributed by atoms with Gasteiger partial charge in [0.05, 0.1) is 5.92 Å².